The molecule has 1 radical (unpaired) electrons. The van der Waals surface area contributed by atoms with E-state index in [1.807, 2.05) is 30.3 Å². The van der Waals surface area contributed by atoms with E-state index in [1.54, 1.807) is 0 Å². The van der Waals surface area contributed by atoms with E-state index in [9.17, 15) is 0 Å². The van der Waals surface area contributed by atoms with Crippen molar-refractivity contribution in [2.75, 3.05) is 19.2 Å². The first kappa shape index (κ1) is 55.3. The second kappa shape index (κ2) is 24.7. The molecular formula is C78H64B2N7. The van der Waals surface area contributed by atoms with Crippen LogP contribution in [0.2, 0.25) is 0 Å². The second-order valence-corrected chi connectivity index (χ2v) is 22.7. The maximum atomic E-state index is 6.75. The normalized spacial score (nSPS) is 12.9. The molecule has 12 aromatic carbocycles. The van der Waals surface area contributed by atoms with E-state index in [1.165, 1.54) is 44.8 Å². The van der Waals surface area contributed by atoms with Crippen molar-refractivity contribution in [1.82, 2.24) is 0 Å². The monoisotopic (exact) mass is 1120 g/mol. The van der Waals surface area contributed by atoms with Crippen LogP contribution in [0.3, 0.4) is 0 Å². The lowest BCUT2D eigenvalue weighted by molar-refractivity contribution is 0.583. The summed E-state index contributed by atoms with van der Waals surface area (Å²) in [6, 6.07) is 113. The highest BCUT2D eigenvalue weighted by atomic mass is 15.3. The summed E-state index contributed by atoms with van der Waals surface area (Å²) < 4.78 is 0. The lowest BCUT2D eigenvalue weighted by Gasteiger charge is -2.31. The number of benzene rings is 12. The van der Waals surface area contributed by atoms with Gasteiger partial charge in [-0.1, -0.05) is 237 Å². The predicted octanol–water partition coefficient (Wildman–Crippen LogP) is 18.5. The molecule has 0 bridgehead atoms. The Morgan fingerprint density at radius 1 is 0.333 bits per heavy atom. The number of fused-ring (bicyclic) bond motifs is 2. The lowest BCUT2D eigenvalue weighted by atomic mass is 9.64. The molecule has 0 fully saturated rings. The van der Waals surface area contributed by atoms with E-state index in [2.05, 4.69) is 339 Å². The predicted molar refractivity (Wildman–Crippen MR) is 370 cm³/mol. The third kappa shape index (κ3) is 12.1. The minimum absolute atomic E-state index is 0.200. The van der Waals surface area contributed by atoms with Crippen LogP contribution in [0.15, 0.2) is 332 Å². The Bertz CT molecular complexity index is 4240. The highest BCUT2D eigenvalue weighted by Crippen LogP contribution is 2.48. The van der Waals surface area contributed by atoms with Crippen molar-refractivity contribution in [3.8, 4) is 44.5 Å². The summed E-state index contributed by atoms with van der Waals surface area (Å²) in [5.74, 6) is 1.04. The third-order valence-electron chi connectivity index (χ3n) is 15.6. The van der Waals surface area contributed by atoms with E-state index in [-0.39, 0.29) is 12.5 Å². The van der Waals surface area contributed by atoms with E-state index in [0.717, 1.165) is 61.8 Å². The molecule has 9 heteroatoms. The maximum absolute atomic E-state index is 6.75. The molecule has 0 aliphatic carbocycles. The molecule has 0 amide bonds. The fourth-order valence-corrected chi connectivity index (χ4v) is 11.6. The molecule has 0 saturated carbocycles. The van der Waals surface area contributed by atoms with Crippen molar-refractivity contribution in [1.29, 1.82) is 0 Å². The molecule has 0 saturated heterocycles. The van der Waals surface area contributed by atoms with Gasteiger partial charge in [-0.3, -0.25) is 4.99 Å². The van der Waals surface area contributed by atoms with Crippen molar-refractivity contribution in [3.05, 3.63) is 333 Å². The average Bonchev–Trinajstić information content (AvgIpc) is 1.70. The van der Waals surface area contributed by atoms with Crippen molar-refractivity contribution >= 4 is 77.2 Å². The fourth-order valence-electron chi connectivity index (χ4n) is 11.6. The smallest absolute Gasteiger partial charge is 0.383 e. The van der Waals surface area contributed by atoms with Crippen LogP contribution in [0.5, 0.6) is 0 Å². The van der Waals surface area contributed by atoms with Gasteiger partial charge in [-0.25, -0.2) is 4.99 Å². The van der Waals surface area contributed by atoms with Gasteiger partial charge in [-0.15, -0.1) is 0 Å². The molecule has 14 rings (SSSR count). The molecule has 417 valence electrons. The Balaban J connectivity index is 0.000000180. The molecule has 87 heavy (non-hydrogen) atoms. The summed E-state index contributed by atoms with van der Waals surface area (Å²) in [7, 11) is 2.19. The van der Waals surface area contributed by atoms with Crippen LogP contribution in [-0.2, 0) is 0 Å². The zero-order valence-electron chi connectivity index (χ0n) is 49.0. The van der Waals surface area contributed by atoms with Gasteiger partial charge in [0, 0.05) is 33.9 Å². The van der Waals surface area contributed by atoms with Gasteiger partial charge in [0.2, 0.25) is 0 Å². The summed E-state index contributed by atoms with van der Waals surface area (Å²) in [4.78, 5) is 19.3. The first-order chi connectivity index (χ1) is 42.7. The number of nitrogens with zero attached hydrogens (tertiary/aromatic N) is 6. The number of nitrogens with two attached hydrogens (primary N) is 1. The summed E-state index contributed by atoms with van der Waals surface area (Å²) in [5, 5.41) is 0. The summed E-state index contributed by atoms with van der Waals surface area (Å²) >= 11 is 0. The fraction of sp³-hybridized carbons (Fsp3) is 0.0513. The Morgan fingerprint density at radius 2 is 0.678 bits per heavy atom. The van der Waals surface area contributed by atoms with Gasteiger partial charge < -0.3 is 25.0 Å². The van der Waals surface area contributed by atoms with Gasteiger partial charge in [0.25, 0.3) is 0 Å². The van der Waals surface area contributed by atoms with Crippen LogP contribution in [-0.4, -0.2) is 31.7 Å². The number of anilines is 8. The van der Waals surface area contributed by atoms with Crippen LogP contribution in [0.1, 0.15) is 31.9 Å². The largest absolute Gasteiger partial charge is 0.420 e. The number of rotatable bonds is 11. The number of aliphatic imine (C=N–C) groups is 2. The summed E-state index contributed by atoms with van der Waals surface area (Å²) in [6.07, 6.45) is 0. The molecule has 2 heterocycles. The standard InChI is InChI=1S/C48H42BN5.C30H22BN2/c1-48(2,3)52-47(38-22-12-6-13-23-38)51-46(50)37-28-30-41(31-29-37)49-53(42-24-14-7-15-25-42)44-26-16-17-27-45(44)54(49)43-33-39(35-18-8-4-9-19-35)32-40(34-43)36-20-10-5-11-21-36;1-4-12-23(13-5-1)25-20-26(24-14-6-2-7-15-24)22-28(21-25)33-30-19-11-10-18-29(30)32(31-33)27-16-8-3-9-17-27/h4-34H,1-3H3,(H2,50,51,52);1-22H. The number of para-hydroxylation sites is 6. The first-order valence-electron chi connectivity index (χ1n) is 29.6. The average molecular weight is 1120 g/mol. The topological polar surface area (TPSA) is 63.7 Å². The van der Waals surface area contributed by atoms with E-state index >= 15 is 0 Å². The summed E-state index contributed by atoms with van der Waals surface area (Å²) in [6.45, 7) is 6.00. The van der Waals surface area contributed by atoms with Crippen LogP contribution in [0.4, 0.5) is 45.5 Å². The van der Waals surface area contributed by atoms with E-state index < -0.39 is 0 Å². The zero-order chi connectivity index (χ0) is 59.1. The van der Waals surface area contributed by atoms with Crippen molar-refractivity contribution in [3.63, 3.8) is 0 Å². The molecule has 2 aliphatic rings. The molecule has 0 atom stereocenters. The molecule has 0 unspecified atom stereocenters. The van der Waals surface area contributed by atoms with Gasteiger partial charge in [0.1, 0.15) is 5.84 Å². The van der Waals surface area contributed by atoms with Crippen LogP contribution in [0, 0.1) is 0 Å². The summed E-state index contributed by atoms with van der Waals surface area (Å²) in [5.41, 5.74) is 27.9. The minimum atomic E-state index is -0.321. The molecule has 12 aromatic rings. The van der Waals surface area contributed by atoms with E-state index in [4.69, 9.17) is 15.7 Å². The van der Waals surface area contributed by atoms with Crippen LogP contribution < -0.4 is 30.4 Å². The lowest BCUT2D eigenvalue weighted by Crippen LogP contribution is -2.53. The Hall–Kier alpha value is -10.9. The van der Waals surface area contributed by atoms with Gasteiger partial charge in [0.15, 0.2) is 5.84 Å². The minimum Gasteiger partial charge on any atom is -0.383 e. The Labute approximate surface area is 512 Å². The second-order valence-electron chi connectivity index (χ2n) is 22.7. The highest BCUT2D eigenvalue weighted by Gasteiger charge is 2.44. The SMILES string of the molecule is CC(C)(C)N=C(N=C(N)c1ccc(B2N(c3ccccc3)c3ccccc3N2c2cc(-c3ccccc3)cc(-c3ccccc3)c2)cc1)c1ccccc1.[B]1N(c2ccccc2)c2ccccc2N1c1cc(-c2ccccc2)cc(-c2ccccc2)c1. The molecule has 2 aliphatic heterocycles. The molecule has 7 nitrogen and oxygen atoms in total. The van der Waals surface area contributed by atoms with Crippen molar-refractivity contribution in [2.24, 2.45) is 15.7 Å². The van der Waals surface area contributed by atoms with Gasteiger partial charge in [-0.2, -0.15) is 0 Å². The molecular weight excluding hydrogens is 1060 g/mol. The van der Waals surface area contributed by atoms with Crippen LogP contribution in [0.25, 0.3) is 44.5 Å². The van der Waals surface area contributed by atoms with Crippen molar-refractivity contribution in [2.45, 2.75) is 26.3 Å². The number of hydrogen-bond donors (Lipinski definition) is 1. The Morgan fingerprint density at radius 3 is 1.10 bits per heavy atom. The third-order valence-corrected chi connectivity index (χ3v) is 15.6. The van der Waals surface area contributed by atoms with Gasteiger partial charge in [0.05, 0.1) is 28.3 Å². The van der Waals surface area contributed by atoms with Crippen molar-refractivity contribution < 1.29 is 0 Å². The Kier molecular flexibility index (Phi) is 15.7. The molecule has 0 spiro atoms. The quantitative estimate of drug-likeness (QED) is 0.0794. The van der Waals surface area contributed by atoms with Crippen LogP contribution >= 0.6 is 0 Å². The highest BCUT2D eigenvalue weighted by molar-refractivity contribution is 6.84. The molecule has 0 aromatic heterocycles. The number of amidine groups is 2. The first-order valence-corrected chi connectivity index (χ1v) is 29.6. The molecule has 2 N–H and O–H groups in total. The maximum Gasteiger partial charge on any atom is 0.420 e. The number of hydrogen-bond acceptors (Lipinski definition) is 5. The van der Waals surface area contributed by atoms with Gasteiger partial charge in [-0.05, 0) is 156 Å². The van der Waals surface area contributed by atoms with Gasteiger partial charge >= 0.3 is 14.5 Å². The van der Waals surface area contributed by atoms with E-state index in [0.29, 0.717) is 11.7 Å². The zero-order valence-corrected chi connectivity index (χ0v) is 49.0.